The molecule has 1 N–H and O–H groups in total. The van der Waals surface area contributed by atoms with E-state index in [4.69, 9.17) is 0 Å². The van der Waals surface area contributed by atoms with Gasteiger partial charge in [-0.15, -0.1) is 0 Å². The predicted molar refractivity (Wildman–Crippen MR) is 122 cm³/mol. The first-order chi connectivity index (χ1) is 13.0. The number of rotatable bonds is 5. The Morgan fingerprint density at radius 2 is 1.43 bits per heavy atom. The third-order valence-corrected chi connectivity index (χ3v) is 6.12. The fourth-order valence-electron chi connectivity index (χ4n) is 5.35. The molecule has 0 bridgehead atoms. The van der Waals surface area contributed by atoms with E-state index in [-0.39, 0.29) is 16.9 Å². The maximum Gasteiger partial charge on any atom is 0.0798 e. The zero-order chi connectivity index (χ0) is 20.5. The molecule has 1 aliphatic rings. The van der Waals surface area contributed by atoms with Gasteiger partial charge < -0.3 is 5.11 Å². The second kappa shape index (κ2) is 8.19. The first-order valence-electron chi connectivity index (χ1n) is 11.2. The normalized spacial score (nSPS) is 16.4. The van der Waals surface area contributed by atoms with Gasteiger partial charge in [0.15, 0.2) is 0 Å². The van der Waals surface area contributed by atoms with Crippen LogP contribution in [0.3, 0.4) is 0 Å². The summed E-state index contributed by atoms with van der Waals surface area (Å²) in [5.74, 6) is 0.532. The Hall–Kier alpha value is -1.34. The topological polar surface area (TPSA) is 20.2 Å². The van der Waals surface area contributed by atoms with Crippen LogP contribution in [0.15, 0.2) is 30.3 Å². The molecule has 1 nitrogen and oxygen atoms in total. The summed E-state index contributed by atoms with van der Waals surface area (Å²) in [6.07, 6.45) is 7.70. The quantitative estimate of drug-likeness (QED) is 0.565. The van der Waals surface area contributed by atoms with E-state index in [1.165, 1.54) is 41.2 Å². The zero-order valence-corrected chi connectivity index (χ0v) is 18.9. The van der Waals surface area contributed by atoms with E-state index in [0.29, 0.717) is 5.92 Å². The summed E-state index contributed by atoms with van der Waals surface area (Å²) >= 11 is 0. The number of fused-ring (bicyclic) bond motifs is 3. The molecule has 0 aliphatic heterocycles. The van der Waals surface area contributed by atoms with Crippen LogP contribution >= 0.6 is 0 Å². The lowest BCUT2D eigenvalue weighted by molar-refractivity contribution is 0.110. The highest BCUT2D eigenvalue weighted by atomic mass is 16.3. The number of aliphatic hydroxyl groups excluding tert-OH is 1. The van der Waals surface area contributed by atoms with Crippen molar-refractivity contribution in [2.24, 2.45) is 16.7 Å². The molecule has 0 fully saturated rings. The third kappa shape index (κ3) is 5.38. The van der Waals surface area contributed by atoms with E-state index >= 15 is 0 Å². The third-order valence-electron chi connectivity index (χ3n) is 6.12. The monoisotopic (exact) mass is 380 g/mol. The summed E-state index contributed by atoms with van der Waals surface area (Å²) in [7, 11) is 0. The minimum atomic E-state index is -0.383. The summed E-state index contributed by atoms with van der Waals surface area (Å²) in [5.41, 5.74) is 4.73. The second-order valence-electron chi connectivity index (χ2n) is 11.5. The van der Waals surface area contributed by atoms with Crippen molar-refractivity contribution in [1.82, 2.24) is 0 Å². The molecule has 2 aromatic rings. The smallest absolute Gasteiger partial charge is 0.0798 e. The molecule has 154 valence electrons. The van der Waals surface area contributed by atoms with Crippen molar-refractivity contribution in [2.75, 3.05) is 0 Å². The second-order valence-corrected chi connectivity index (χ2v) is 11.5. The Kier molecular flexibility index (Phi) is 6.25. The number of benzene rings is 2. The van der Waals surface area contributed by atoms with Gasteiger partial charge in [0.25, 0.3) is 0 Å². The largest absolute Gasteiger partial charge is 0.388 e. The van der Waals surface area contributed by atoms with Crippen molar-refractivity contribution in [2.45, 2.75) is 92.6 Å². The lowest BCUT2D eigenvalue weighted by Gasteiger charge is -2.33. The molecule has 0 spiro atoms. The Morgan fingerprint density at radius 3 is 2.04 bits per heavy atom. The van der Waals surface area contributed by atoms with Crippen LogP contribution in [-0.2, 0) is 12.8 Å². The van der Waals surface area contributed by atoms with Crippen molar-refractivity contribution in [3.05, 3.63) is 47.0 Å². The van der Waals surface area contributed by atoms with Gasteiger partial charge in [0, 0.05) is 0 Å². The van der Waals surface area contributed by atoms with E-state index in [1.807, 2.05) is 0 Å². The van der Waals surface area contributed by atoms with Crippen LogP contribution in [0.4, 0.5) is 0 Å². The molecule has 0 saturated carbocycles. The van der Waals surface area contributed by atoms with Gasteiger partial charge in [0.2, 0.25) is 0 Å². The lowest BCUT2D eigenvalue weighted by atomic mass is 9.74. The highest BCUT2D eigenvalue weighted by Crippen LogP contribution is 2.40. The first kappa shape index (κ1) is 21.4. The SMILES string of the molecule is CC(C)(C)CC(CC(O)c1cc2c(c3ccccc13)CCCC2)CC(C)(C)C. The molecule has 1 atom stereocenters. The van der Waals surface area contributed by atoms with Crippen LogP contribution in [0, 0.1) is 16.7 Å². The molecule has 1 heteroatoms. The number of aryl methyl sites for hydroxylation is 2. The molecule has 1 aliphatic carbocycles. The van der Waals surface area contributed by atoms with E-state index in [9.17, 15) is 5.11 Å². The highest BCUT2D eigenvalue weighted by Gasteiger charge is 2.27. The Morgan fingerprint density at radius 1 is 0.857 bits per heavy atom. The fourth-order valence-corrected chi connectivity index (χ4v) is 5.35. The van der Waals surface area contributed by atoms with E-state index < -0.39 is 0 Å². The van der Waals surface area contributed by atoms with Gasteiger partial charge in [-0.3, -0.25) is 0 Å². The van der Waals surface area contributed by atoms with Crippen LogP contribution in [-0.4, -0.2) is 5.11 Å². The van der Waals surface area contributed by atoms with Crippen LogP contribution in [0.1, 0.15) is 96.4 Å². The van der Waals surface area contributed by atoms with Crippen molar-refractivity contribution in [3.8, 4) is 0 Å². The molecule has 3 rings (SSSR count). The molecule has 2 aromatic carbocycles. The molecule has 0 radical (unpaired) electrons. The Labute approximate surface area is 172 Å². The minimum Gasteiger partial charge on any atom is -0.388 e. The van der Waals surface area contributed by atoms with Crippen LogP contribution < -0.4 is 0 Å². The van der Waals surface area contributed by atoms with E-state index in [1.54, 1.807) is 0 Å². The highest BCUT2D eigenvalue weighted by molar-refractivity contribution is 5.90. The minimum absolute atomic E-state index is 0.285. The lowest BCUT2D eigenvalue weighted by Crippen LogP contribution is -2.21. The molecular weight excluding hydrogens is 340 g/mol. The van der Waals surface area contributed by atoms with Crippen molar-refractivity contribution in [3.63, 3.8) is 0 Å². The average Bonchev–Trinajstić information content (AvgIpc) is 2.58. The molecule has 1 unspecified atom stereocenters. The maximum atomic E-state index is 11.4. The van der Waals surface area contributed by atoms with Crippen molar-refractivity contribution >= 4 is 10.8 Å². The van der Waals surface area contributed by atoms with Gasteiger partial charge in [-0.1, -0.05) is 71.9 Å². The molecule has 0 amide bonds. The summed E-state index contributed by atoms with van der Waals surface area (Å²) in [5, 5.41) is 14.0. The van der Waals surface area contributed by atoms with Gasteiger partial charge in [0.05, 0.1) is 6.10 Å². The average molecular weight is 381 g/mol. The molecule has 0 aromatic heterocycles. The summed E-state index contributed by atoms with van der Waals surface area (Å²) < 4.78 is 0. The zero-order valence-electron chi connectivity index (χ0n) is 18.9. The van der Waals surface area contributed by atoms with Gasteiger partial charge in [-0.2, -0.15) is 0 Å². The Balaban J connectivity index is 1.94. The van der Waals surface area contributed by atoms with Crippen LogP contribution in [0.25, 0.3) is 10.8 Å². The van der Waals surface area contributed by atoms with E-state index in [2.05, 4.69) is 71.9 Å². The van der Waals surface area contributed by atoms with Gasteiger partial charge >= 0.3 is 0 Å². The first-order valence-corrected chi connectivity index (χ1v) is 11.2. The molecular formula is C27H40O. The molecule has 28 heavy (non-hydrogen) atoms. The van der Waals surface area contributed by atoms with E-state index in [0.717, 1.165) is 31.2 Å². The standard InChI is InChI=1S/C27H40O/c1-26(2,3)17-19(18-27(4,5)6)15-25(28)24-16-20-11-7-8-12-21(20)22-13-9-10-14-23(22)24/h9-10,13-14,16,19,25,28H,7-8,11-12,15,17-18H2,1-6H3. The predicted octanol–water partition coefficient (Wildman–Crippen LogP) is 7.63. The van der Waals surface area contributed by atoms with Crippen molar-refractivity contribution in [1.29, 1.82) is 0 Å². The summed E-state index contributed by atoms with van der Waals surface area (Å²) in [4.78, 5) is 0. The van der Waals surface area contributed by atoms with Gasteiger partial charge in [-0.05, 0) is 89.2 Å². The number of hydrogen-bond acceptors (Lipinski definition) is 1. The summed E-state index contributed by atoms with van der Waals surface area (Å²) in [6.45, 7) is 13.9. The Bertz CT molecular complexity index is 787. The van der Waals surface area contributed by atoms with Crippen molar-refractivity contribution < 1.29 is 5.11 Å². The number of hydrogen-bond donors (Lipinski definition) is 1. The molecule has 0 saturated heterocycles. The van der Waals surface area contributed by atoms with Gasteiger partial charge in [0.1, 0.15) is 0 Å². The fraction of sp³-hybridized carbons (Fsp3) is 0.630. The maximum absolute atomic E-state index is 11.4. The van der Waals surface area contributed by atoms with Crippen LogP contribution in [0.5, 0.6) is 0 Å². The molecule has 0 heterocycles. The van der Waals surface area contributed by atoms with Gasteiger partial charge in [-0.25, -0.2) is 0 Å². The number of aliphatic hydroxyl groups is 1. The summed E-state index contributed by atoms with van der Waals surface area (Å²) in [6, 6.07) is 11.1. The van der Waals surface area contributed by atoms with Crippen LogP contribution in [0.2, 0.25) is 0 Å².